The Labute approximate surface area is 135 Å². The molecule has 22 heavy (non-hydrogen) atoms. The minimum Gasteiger partial charge on any atom is -0.352 e. The molecule has 1 aromatic rings. The van der Waals surface area contributed by atoms with Crippen molar-refractivity contribution in [3.05, 3.63) is 34.3 Å². The van der Waals surface area contributed by atoms with Crippen molar-refractivity contribution in [1.82, 2.24) is 10.6 Å². The van der Waals surface area contributed by atoms with E-state index in [1.54, 1.807) is 0 Å². The number of halogens is 1. The van der Waals surface area contributed by atoms with Gasteiger partial charge in [-0.15, -0.1) is 0 Å². The molecule has 2 fully saturated rings. The van der Waals surface area contributed by atoms with Gasteiger partial charge in [0, 0.05) is 23.5 Å². The molecular weight excluding hydrogens is 300 g/mol. The highest BCUT2D eigenvalue weighted by atomic mass is 35.5. The number of hydrogen-bond acceptors (Lipinski definition) is 2. The van der Waals surface area contributed by atoms with Gasteiger partial charge in [-0.25, -0.2) is 0 Å². The molecular formula is C17H21ClN2O2. The molecule has 3 rings (SSSR count). The fourth-order valence-electron chi connectivity index (χ4n) is 3.37. The molecule has 0 radical (unpaired) electrons. The van der Waals surface area contributed by atoms with E-state index in [1.165, 1.54) is 0 Å². The second kappa shape index (κ2) is 5.58. The second-order valence-electron chi connectivity index (χ2n) is 6.52. The Morgan fingerprint density at radius 2 is 2.14 bits per heavy atom. The predicted molar refractivity (Wildman–Crippen MR) is 85.9 cm³/mol. The van der Waals surface area contributed by atoms with E-state index in [0.29, 0.717) is 17.9 Å². The van der Waals surface area contributed by atoms with Crippen molar-refractivity contribution in [3.63, 3.8) is 0 Å². The number of carbonyl (C=O) groups is 2. The summed E-state index contributed by atoms with van der Waals surface area (Å²) in [5.74, 6) is 0.138. The third-order valence-electron chi connectivity index (χ3n) is 4.88. The normalized spacial score (nSPS) is 26.2. The third kappa shape index (κ3) is 2.72. The molecule has 2 N–H and O–H groups in total. The third-order valence-corrected chi connectivity index (χ3v) is 5.11. The highest BCUT2D eigenvalue weighted by Gasteiger charge is 2.52. The second-order valence-corrected chi connectivity index (χ2v) is 6.95. The first kappa shape index (κ1) is 15.3. The van der Waals surface area contributed by atoms with Gasteiger partial charge < -0.3 is 10.6 Å². The summed E-state index contributed by atoms with van der Waals surface area (Å²) in [5, 5.41) is 6.74. The Kier molecular flexibility index (Phi) is 3.89. The molecule has 1 heterocycles. The average Bonchev–Trinajstić information content (AvgIpc) is 3.23. The molecule has 2 aliphatic rings. The standard InChI is InChI=1S/C17H21ClN2O2/c1-10-9-12(18)3-4-13(10)17(7-8-17)16(22)20-14-5-6-15(21)19-11(14)2/h3-4,9,11,14H,5-8H2,1-2H3,(H,19,21)(H,20,22). The molecule has 0 bridgehead atoms. The molecule has 1 aliphatic heterocycles. The number of carbonyl (C=O) groups excluding carboxylic acids is 2. The molecule has 1 aliphatic carbocycles. The van der Waals surface area contributed by atoms with E-state index in [2.05, 4.69) is 10.6 Å². The maximum Gasteiger partial charge on any atom is 0.230 e. The molecule has 5 heteroatoms. The molecule has 4 nitrogen and oxygen atoms in total. The molecule has 1 saturated heterocycles. The van der Waals surface area contributed by atoms with Gasteiger partial charge in [-0.2, -0.15) is 0 Å². The molecule has 2 atom stereocenters. The van der Waals surface area contributed by atoms with Gasteiger partial charge in [0.2, 0.25) is 11.8 Å². The summed E-state index contributed by atoms with van der Waals surface area (Å²) >= 11 is 6.01. The molecule has 0 aromatic heterocycles. The lowest BCUT2D eigenvalue weighted by Gasteiger charge is -2.32. The quantitative estimate of drug-likeness (QED) is 0.899. The van der Waals surface area contributed by atoms with Crippen LogP contribution in [0.1, 0.15) is 43.7 Å². The van der Waals surface area contributed by atoms with Gasteiger partial charge in [0.15, 0.2) is 0 Å². The number of benzene rings is 1. The zero-order chi connectivity index (χ0) is 15.9. The number of nitrogens with one attached hydrogen (secondary N) is 2. The number of amides is 2. The van der Waals surface area contributed by atoms with Crippen LogP contribution in [0.3, 0.4) is 0 Å². The summed E-state index contributed by atoms with van der Waals surface area (Å²) < 4.78 is 0. The Balaban J connectivity index is 1.75. The van der Waals surface area contributed by atoms with E-state index < -0.39 is 5.41 Å². The largest absolute Gasteiger partial charge is 0.352 e. The van der Waals surface area contributed by atoms with Gasteiger partial charge in [0.25, 0.3) is 0 Å². The van der Waals surface area contributed by atoms with E-state index in [-0.39, 0.29) is 23.9 Å². The van der Waals surface area contributed by atoms with Crippen molar-refractivity contribution in [2.24, 2.45) is 0 Å². The Morgan fingerprint density at radius 1 is 1.41 bits per heavy atom. The Bertz CT molecular complexity index is 625. The molecule has 1 saturated carbocycles. The summed E-state index contributed by atoms with van der Waals surface area (Å²) in [7, 11) is 0. The van der Waals surface area contributed by atoms with Crippen molar-refractivity contribution in [2.45, 2.75) is 57.0 Å². The van der Waals surface area contributed by atoms with Crippen LogP contribution in [-0.4, -0.2) is 23.9 Å². The molecule has 0 spiro atoms. The van der Waals surface area contributed by atoms with Crippen LogP contribution in [0.4, 0.5) is 0 Å². The maximum absolute atomic E-state index is 12.8. The maximum atomic E-state index is 12.8. The lowest BCUT2D eigenvalue weighted by atomic mass is 9.90. The van der Waals surface area contributed by atoms with Crippen LogP contribution in [0.25, 0.3) is 0 Å². The van der Waals surface area contributed by atoms with Crippen molar-refractivity contribution in [3.8, 4) is 0 Å². The van der Waals surface area contributed by atoms with Crippen LogP contribution in [0, 0.1) is 6.92 Å². The summed E-state index contributed by atoms with van der Waals surface area (Å²) in [6.07, 6.45) is 2.92. The van der Waals surface area contributed by atoms with Crippen LogP contribution in [0.15, 0.2) is 18.2 Å². The highest BCUT2D eigenvalue weighted by Crippen LogP contribution is 2.50. The van der Waals surface area contributed by atoms with Crippen LogP contribution >= 0.6 is 11.6 Å². The smallest absolute Gasteiger partial charge is 0.230 e. The van der Waals surface area contributed by atoms with Gasteiger partial charge in [0.05, 0.1) is 5.41 Å². The zero-order valence-corrected chi connectivity index (χ0v) is 13.7. The first-order valence-electron chi connectivity index (χ1n) is 7.79. The van der Waals surface area contributed by atoms with Crippen LogP contribution in [-0.2, 0) is 15.0 Å². The first-order valence-corrected chi connectivity index (χ1v) is 8.17. The molecule has 2 amide bonds. The summed E-state index contributed by atoms with van der Waals surface area (Å²) in [5.41, 5.74) is 1.72. The van der Waals surface area contributed by atoms with E-state index in [1.807, 2.05) is 32.0 Å². The topological polar surface area (TPSA) is 58.2 Å². The molecule has 2 unspecified atom stereocenters. The van der Waals surface area contributed by atoms with Crippen LogP contribution in [0.2, 0.25) is 5.02 Å². The SMILES string of the molecule is Cc1cc(Cl)ccc1C1(C(=O)NC2CCC(=O)NC2C)CC1. The predicted octanol–water partition coefficient (Wildman–Crippen LogP) is 2.46. The molecule has 118 valence electrons. The Hall–Kier alpha value is -1.55. The lowest BCUT2D eigenvalue weighted by Crippen LogP contribution is -2.55. The fourth-order valence-corrected chi connectivity index (χ4v) is 3.60. The zero-order valence-electron chi connectivity index (χ0n) is 12.9. The van der Waals surface area contributed by atoms with E-state index in [0.717, 1.165) is 24.0 Å². The van der Waals surface area contributed by atoms with Crippen molar-refractivity contribution in [1.29, 1.82) is 0 Å². The molecule has 1 aromatic carbocycles. The number of hydrogen-bond donors (Lipinski definition) is 2. The number of aryl methyl sites for hydroxylation is 1. The minimum atomic E-state index is -0.407. The van der Waals surface area contributed by atoms with Gasteiger partial charge in [-0.3, -0.25) is 9.59 Å². The Morgan fingerprint density at radius 3 is 2.73 bits per heavy atom. The van der Waals surface area contributed by atoms with Gasteiger partial charge in [-0.05, 0) is 56.4 Å². The van der Waals surface area contributed by atoms with Gasteiger partial charge in [0.1, 0.15) is 0 Å². The van der Waals surface area contributed by atoms with Gasteiger partial charge >= 0.3 is 0 Å². The minimum absolute atomic E-state index is 0.00952. The van der Waals surface area contributed by atoms with Crippen molar-refractivity contribution >= 4 is 23.4 Å². The van der Waals surface area contributed by atoms with Crippen molar-refractivity contribution in [2.75, 3.05) is 0 Å². The number of piperidine rings is 1. The first-order chi connectivity index (χ1) is 10.4. The van der Waals surface area contributed by atoms with Crippen molar-refractivity contribution < 1.29 is 9.59 Å². The fraction of sp³-hybridized carbons (Fsp3) is 0.529. The van der Waals surface area contributed by atoms with Gasteiger partial charge in [-0.1, -0.05) is 17.7 Å². The van der Waals surface area contributed by atoms with Crippen LogP contribution < -0.4 is 10.6 Å². The monoisotopic (exact) mass is 320 g/mol. The van der Waals surface area contributed by atoms with Crippen LogP contribution in [0.5, 0.6) is 0 Å². The van der Waals surface area contributed by atoms with E-state index in [4.69, 9.17) is 11.6 Å². The lowest BCUT2D eigenvalue weighted by molar-refractivity contribution is -0.128. The van der Waals surface area contributed by atoms with E-state index >= 15 is 0 Å². The average molecular weight is 321 g/mol. The highest BCUT2D eigenvalue weighted by molar-refractivity contribution is 6.30. The number of rotatable bonds is 3. The summed E-state index contributed by atoms with van der Waals surface area (Å²) in [6.45, 7) is 3.94. The summed E-state index contributed by atoms with van der Waals surface area (Å²) in [6, 6.07) is 5.72. The summed E-state index contributed by atoms with van der Waals surface area (Å²) in [4.78, 5) is 24.2. The van der Waals surface area contributed by atoms with E-state index in [9.17, 15) is 9.59 Å².